The smallest absolute Gasteiger partial charge is 0.243 e. The average Bonchev–Trinajstić information content (AvgIpc) is 2.65. The molecule has 6 heteroatoms. The zero-order chi connectivity index (χ0) is 14.6. The SMILES string of the molecule is CCNc1ccc(S(=O)(=O)N2CCCN(C)CC2)cc1. The van der Waals surface area contributed by atoms with Crippen LogP contribution in [0.4, 0.5) is 5.69 Å². The molecule has 0 atom stereocenters. The van der Waals surface area contributed by atoms with Crippen molar-refractivity contribution in [3.63, 3.8) is 0 Å². The van der Waals surface area contributed by atoms with Crippen molar-refractivity contribution in [2.24, 2.45) is 0 Å². The quantitative estimate of drug-likeness (QED) is 0.914. The molecule has 1 aliphatic rings. The van der Waals surface area contributed by atoms with Gasteiger partial charge in [0.1, 0.15) is 0 Å². The van der Waals surface area contributed by atoms with Gasteiger partial charge < -0.3 is 10.2 Å². The first-order chi connectivity index (χ1) is 9.54. The van der Waals surface area contributed by atoms with Crippen LogP contribution in [0.15, 0.2) is 29.2 Å². The second kappa shape index (κ2) is 6.56. The van der Waals surface area contributed by atoms with Crippen molar-refractivity contribution in [2.45, 2.75) is 18.2 Å². The van der Waals surface area contributed by atoms with Crippen molar-refractivity contribution in [1.82, 2.24) is 9.21 Å². The van der Waals surface area contributed by atoms with Crippen LogP contribution < -0.4 is 5.32 Å². The molecule has 1 heterocycles. The van der Waals surface area contributed by atoms with E-state index in [2.05, 4.69) is 10.2 Å². The molecule has 0 radical (unpaired) electrons. The lowest BCUT2D eigenvalue weighted by Gasteiger charge is -2.20. The summed E-state index contributed by atoms with van der Waals surface area (Å²) in [6.07, 6.45) is 0.880. The van der Waals surface area contributed by atoms with Crippen LogP contribution in [0.1, 0.15) is 13.3 Å². The molecule has 112 valence electrons. The van der Waals surface area contributed by atoms with E-state index in [1.165, 1.54) is 0 Å². The molecule has 0 amide bonds. The summed E-state index contributed by atoms with van der Waals surface area (Å²) in [6.45, 7) is 5.73. The Morgan fingerprint density at radius 2 is 1.80 bits per heavy atom. The normalized spacial score (nSPS) is 18.7. The zero-order valence-corrected chi connectivity index (χ0v) is 13.0. The van der Waals surface area contributed by atoms with Crippen LogP contribution in [0.25, 0.3) is 0 Å². The minimum Gasteiger partial charge on any atom is -0.385 e. The van der Waals surface area contributed by atoms with Crippen molar-refractivity contribution >= 4 is 15.7 Å². The number of nitrogens with zero attached hydrogens (tertiary/aromatic N) is 2. The van der Waals surface area contributed by atoms with E-state index >= 15 is 0 Å². The van der Waals surface area contributed by atoms with Gasteiger partial charge in [-0.15, -0.1) is 0 Å². The molecule has 0 aromatic heterocycles. The Morgan fingerprint density at radius 1 is 1.10 bits per heavy atom. The molecule has 1 aromatic rings. The maximum Gasteiger partial charge on any atom is 0.243 e. The number of hydrogen-bond donors (Lipinski definition) is 1. The van der Waals surface area contributed by atoms with Gasteiger partial charge in [0.05, 0.1) is 4.90 Å². The van der Waals surface area contributed by atoms with E-state index in [1.54, 1.807) is 16.4 Å². The topological polar surface area (TPSA) is 52.7 Å². The van der Waals surface area contributed by atoms with Crippen LogP contribution in [0.5, 0.6) is 0 Å². The van der Waals surface area contributed by atoms with Crippen LogP contribution in [0.2, 0.25) is 0 Å². The first kappa shape index (κ1) is 15.3. The molecule has 0 bridgehead atoms. The number of anilines is 1. The van der Waals surface area contributed by atoms with Gasteiger partial charge in [0.15, 0.2) is 0 Å². The van der Waals surface area contributed by atoms with Crippen molar-refractivity contribution in [2.75, 3.05) is 45.1 Å². The standard InChI is InChI=1S/C14H23N3O2S/c1-3-15-13-5-7-14(8-6-13)20(18,19)17-10-4-9-16(2)11-12-17/h5-8,15H,3-4,9-12H2,1-2H3. The first-order valence-electron chi connectivity index (χ1n) is 7.06. The molecule has 1 aliphatic heterocycles. The Labute approximate surface area is 121 Å². The average molecular weight is 297 g/mol. The number of nitrogens with one attached hydrogen (secondary N) is 1. The van der Waals surface area contributed by atoms with E-state index in [-0.39, 0.29) is 0 Å². The largest absolute Gasteiger partial charge is 0.385 e. The highest BCUT2D eigenvalue weighted by molar-refractivity contribution is 7.89. The van der Waals surface area contributed by atoms with Gasteiger partial charge in [-0.3, -0.25) is 0 Å². The fourth-order valence-electron chi connectivity index (χ4n) is 2.36. The number of benzene rings is 1. The highest BCUT2D eigenvalue weighted by atomic mass is 32.2. The summed E-state index contributed by atoms with van der Waals surface area (Å²) < 4.78 is 26.8. The van der Waals surface area contributed by atoms with Crippen molar-refractivity contribution in [1.29, 1.82) is 0 Å². The van der Waals surface area contributed by atoms with Gasteiger partial charge in [0.2, 0.25) is 10.0 Å². The molecular formula is C14H23N3O2S. The van der Waals surface area contributed by atoms with Gasteiger partial charge >= 0.3 is 0 Å². The first-order valence-corrected chi connectivity index (χ1v) is 8.50. The Hall–Kier alpha value is -1.11. The summed E-state index contributed by atoms with van der Waals surface area (Å²) in [5, 5.41) is 3.17. The van der Waals surface area contributed by atoms with Crippen molar-refractivity contribution in [3.05, 3.63) is 24.3 Å². The second-order valence-corrected chi connectivity index (χ2v) is 7.05. The highest BCUT2D eigenvalue weighted by Crippen LogP contribution is 2.19. The lowest BCUT2D eigenvalue weighted by Crippen LogP contribution is -2.34. The van der Waals surface area contributed by atoms with Crippen molar-refractivity contribution < 1.29 is 8.42 Å². The molecule has 1 N–H and O–H groups in total. The number of likely N-dealkylation sites (N-methyl/N-ethyl adjacent to an activating group) is 1. The van der Waals surface area contributed by atoms with Gasteiger partial charge in [-0.1, -0.05) is 0 Å². The molecule has 0 unspecified atom stereocenters. The van der Waals surface area contributed by atoms with E-state index in [9.17, 15) is 8.42 Å². The fourth-order valence-corrected chi connectivity index (χ4v) is 3.83. The monoisotopic (exact) mass is 297 g/mol. The number of sulfonamides is 1. The van der Waals surface area contributed by atoms with Crippen LogP contribution in [-0.2, 0) is 10.0 Å². The van der Waals surface area contributed by atoms with E-state index < -0.39 is 10.0 Å². The highest BCUT2D eigenvalue weighted by Gasteiger charge is 2.25. The maximum absolute atomic E-state index is 12.6. The summed E-state index contributed by atoms with van der Waals surface area (Å²) in [6, 6.07) is 7.00. The lowest BCUT2D eigenvalue weighted by molar-refractivity contribution is 0.347. The van der Waals surface area contributed by atoms with Crippen molar-refractivity contribution in [3.8, 4) is 0 Å². The van der Waals surface area contributed by atoms with Crippen LogP contribution in [-0.4, -0.2) is 57.4 Å². The Balaban J connectivity index is 2.16. The molecular weight excluding hydrogens is 274 g/mol. The van der Waals surface area contributed by atoms with Gasteiger partial charge in [-0.2, -0.15) is 4.31 Å². The molecule has 1 fully saturated rings. The second-order valence-electron chi connectivity index (χ2n) is 5.12. The van der Waals surface area contributed by atoms with Crippen LogP contribution in [0.3, 0.4) is 0 Å². The predicted molar refractivity (Wildman–Crippen MR) is 81.5 cm³/mol. The fraction of sp³-hybridized carbons (Fsp3) is 0.571. The lowest BCUT2D eigenvalue weighted by atomic mass is 10.3. The molecule has 0 saturated carbocycles. The van der Waals surface area contributed by atoms with Crippen LogP contribution in [0, 0.1) is 0 Å². The summed E-state index contributed by atoms with van der Waals surface area (Å²) in [7, 11) is -1.33. The summed E-state index contributed by atoms with van der Waals surface area (Å²) in [4.78, 5) is 2.55. The van der Waals surface area contributed by atoms with Crippen LogP contribution >= 0.6 is 0 Å². The third-order valence-corrected chi connectivity index (χ3v) is 5.46. The molecule has 1 saturated heterocycles. The third kappa shape index (κ3) is 3.50. The molecule has 5 nitrogen and oxygen atoms in total. The molecule has 1 aromatic carbocycles. The summed E-state index contributed by atoms with van der Waals surface area (Å²) in [5.74, 6) is 0. The molecule has 20 heavy (non-hydrogen) atoms. The Morgan fingerprint density at radius 3 is 2.45 bits per heavy atom. The minimum atomic E-state index is -3.36. The predicted octanol–water partition coefficient (Wildman–Crippen LogP) is 1.44. The van der Waals surface area contributed by atoms with E-state index in [0.29, 0.717) is 18.0 Å². The Kier molecular flexibility index (Phi) is 5.01. The van der Waals surface area contributed by atoms with Gasteiger partial charge in [0.25, 0.3) is 0 Å². The third-order valence-electron chi connectivity index (χ3n) is 3.55. The van der Waals surface area contributed by atoms with E-state index in [4.69, 9.17) is 0 Å². The molecule has 0 spiro atoms. The van der Waals surface area contributed by atoms with Gasteiger partial charge in [-0.05, 0) is 51.2 Å². The molecule has 2 rings (SSSR count). The number of rotatable bonds is 4. The van der Waals surface area contributed by atoms with E-state index in [0.717, 1.165) is 31.7 Å². The minimum absolute atomic E-state index is 0.378. The summed E-state index contributed by atoms with van der Waals surface area (Å²) in [5.41, 5.74) is 0.946. The number of hydrogen-bond acceptors (Lipinski definition) is 4. The van der Waals surface area contributed by atoms with Gasteiger partial charge in [-0.25, -0.2) is 8.42 Å². The Bertz CT molecular complexity index is 528. The maximum atomic E-state index is 12.6. The zero-order valence-electron chi connectivity index (χ0n) is 12.2. The molecule has 0 aliphatic carbocycles. The van der Waals surface area contributed by atoms with E-state index in [1.807, 2.05) is 26.1 Å². The van der Waals surface area contributed by atoms with Gasteiger partial charge in [0, 0.05) is 31.9 Å². The summed E-state index contributed by atoms with van der Waals surface area (Å²) >= 11 is 0.